The molecule has 0 saturated carbocycles. The van der Waals surface area contributed by atoms with Crippen molar-refractivity contribution in [2.75, 3.05) is 5.32 Å². The first-order valence-electron chi connectivity index (χ1n) is 11.9. The Labute approximate surface area is 201 Å². The molecule has 1 aliphatic carbocycles. The Morgan fingerprint density at radius 2 is 1.12 bits per heavy atom. The second-order valence-corrected chi connectivity index (χ2v) is 9.55. The summed E-state index contributed by atoms with van der Waals surface area (Å²) in [5, 5.41) is 3.65. The van der Waals surface area contributed by atoms with Crippen LogP contribution in [0.4, 0.5) is 11.4 Å². The van der Waals surface area contributed by atoms with Crippen LogP contribution in [0.5, 0.6) is 0 Å². The molecule has 0 amide bonds. The van der Waals surface area contributed by atoms with Gasteiger partial charge in [-0.25, -0.2) is 0 Å². The molecule has 1 N–H and O–H groups in total. The third-order valence-electron chi connectivity index (χ3n) is 7.04. The van der Waals surface area contributed by atoms with Crippen LogP contribution < -0.4 is 5.32 Å². The summed E-state index contributed by atoms with van der Waals surface area (Å²) in [5.74, 6) is 0. The van der Waals surface area contributed by atoms with Crippen molar-refractivity contribution in [3.63, 3.8) is 0 Å². The highest BCUT2D eigenvalue weighted by Gasteiger charge is 2.37. The van der Waals surface area contributed by atoms with E-state index in [1.165, 1.54) is 44.5 Å². The third kappa shape index (κ3) is 3.41. The second-order valence-electron chi connectivity index (χ2n) is 9.55. The largest absolute Gasteiger partial charge is 0.356 e. The molecule has 0 unspecified atom stereocenters. The minimum atomic E-state index is -0.0565. The maximum absolute atomic E-state index is 3.65. The molecule has 34 heavy (non-hydrogen) atoms. The molecule has 1 nitrogen and oxygen atoms in total. The molecule has 0 fully saturated rings. The lowest BCUT2D eigenvalue weighted by atomic mass is 9.82. The van der Waals surface area contributed by atoms with Gasteiger partial charge in [-0.05, 0) is 68.8 Å². The molecule has 0 heterocycles. The molecule has 0 saturated heterocycles. The molecule has 0 radical (unpaired) electrons. The van der Waals surface area contributed by atoms with Crippen LogP contribution in [0.15, 0.2) is 121 Å². The van der Waals surface area contributed by atoms with E-state index in [1.54, 1.807) is 0 Å². The summed E-state index contributed by atoms with van der Waals surface area (Å²) in [7, 11) is 0. The molecule has 164 valence electrons. The molecule has 6 rings (SSSR count). The van der Waals surface area contributed by atoms with Gasteiger partial charge in [0.15, 0.2) is 0 Å². The number of fused-ring (bicyclic) bond motifs is 3. The molecular weight excluding hydrogens is 410 g/mol. The summed E-state index contributed by atoms with van der Waals surface area (Å²) in [5.41, 5.74) is 12.6. The van der Waals surface area contributed by atoms with E-state index < -0.39 is 0 Å². The van der Waals surface area contributed by atoms with Gasteiger partial charge < -0.3 is 5.32 Å². The van der Waals surface area contributed by atoms with Crippen molar-refractivity contribution >= 4 is 11.4 Å². The summed E-state index contributed by atoms with van der Waals surface area (Å²) >= 11 is 0. The maximum atomic E-state index is 3.65. The van der Waals surface area contributed by atoms with Crippen LogP contribution in [0, 0.1) is 0 Å². The fraction of sp³-hybridized carbons (Fsp3) is 0.0909. The first-order chi connectivity index (χ1) is 16.6. The van der Waals surface area contributed by atoms with E-state index in [4.69, 9.17) is 0 Å². The van der Waals surface area contributed by atoms with Crippen LogP contribution in [-0.2, 0) is 5.41 Å². The Morgan fingerprint density at radius 1 is 0.471 bits per heavy atom. The molecule has 0 atom stereocenters. The van der Waals surface area contributed by atoms with Gasteiger partial charge in [0.05, 0.1) is 0 Å². The average Bonchev–Trinajstić information content (AvgIpc) is 3.12. The maximum Gasteiger partial charge on any atom is 0.0390 e. The van der Waals surface area contributed by atoms with Crippen molar-refractivity contribution in [1.82, 2.24) is 0 Å². The minimum Gasteiger partial charge on any atom is -0.356 e. The van der Waals surface area contributed by atoms with Gasteiger partial charge in [0.25, 0.3) is 0 Å². The van der Waals surface area contributed by atoms with Gasteiger partial charge in [-0.1, -0.05) is 111 Å². The quantitative estimate of drug-likeness (QED) is 0.296. The number of rotatable bonds is 4. The van der Waals surface area contributed by atoms with Gasteiger partial charge in [-0.3, -0.25) is 0 Å². The van der Waals surface area contributed by atoms with Crippen LogP contribution in [0.2, 0.25) is 0 Å². The predicted molar refractivity (Wildman–Crippen MR) is 145 cm³/mol. The van der Waals surface area contributed by atoms with Gasteiger partial charge in [-0.15, -0.1) is 0 Å². The lowest BCUT2D eigenvalue weighted by Crippen LogP contribution is -2.15. The highest BCUT2D eigenvalue weighted by molar-refractivity contribution is 5.93. The van der Waals surface area contributed by atoms with Crippen molar-refractivity contribution < 1.29 is 0 Å². The molecule has 5 aromatic carbocycles. The Hall–Kier alpha value is -4.10. The van der Waals surface area contributed by atoms with Crippen molar-refractivity contribution in [2.45, 2.75) is 19.3 Å². The number of anilines is 2. The summed E-state index contributed by atoms with van der Waals surface area (Å²) < 4.78 is 0. The Kier molecular flexibility index (Phi) is 4.85. The van der Waals surface area contributed by atoms with Gasteiger partial charge in [0.2, 0.25) is 0 Å². The Bertz CT molecular complexity index is 1480. The van der Waals surface area contributed by atoms with Crippen LogP contribution in [0.25, 0.3) is 33.4 Å². The average molecular weight is 438 g/mol. The highest BCUT2D eigenvalue weighted by atomic mass is 14.9. The van der Waals surface area contributed by atoms with E-state index in [0.717, 1.165) is 11.4 Å². The monoisotopic (exact) mass is 437 g/mol. The molecule has 0 aliphatic heterocycles. The summed E-state index contributed by atoms with van der Waals surface area (Å²) in [6.45, 7) is 4.68. The predicted octanol–water partition coefficient (Wildman–Crippen LogP) is 9.07. The number of benzene rings is 5. The lowest BCUT2D eigenvalue weighted by Gasteiger charge is -2.22. The molecule has 1 aliphatic rings. The Balaban J connectivity index is 1.39. The summed E-state index contributed by atoms with van der Waals surface area (Å²) in [4.78, 5) is 0. The van der Waals surface area contributed by atoms with E-state index in [9.17, 15) is 0 Å². The van der Waals surface area contributed by atoms with Crippen LogP contribution in [-0.4, -0.2) is 0 Å². The molecule has 1 heteroatoms. The van der Waals surface area contributed by atoms with Crippen LogP contribution in [0.1, 0.15) is 25.0 Å². The molecular formula is C33H27N. The Morgan fingerprint density at radius 3 is 1.88 bits per heavy atom. The van der Waals surface area contributed by atoms with Crippen molar-refractivity contribution in [3.05, 3.63) is 132 Å². The topological polar surface area (TPSA) is 12.0 Å². The smallest absolute Gasteiger partial charge is 0.0390 e. The van der Waals surface area contributed by atoms with Crippen LogP contribution in [0.3, 0.4) is 0 Å². The minimum absolute atomic E-state index is 0.0565. The zero-order valence-corrected chi connectivity index (χ0v) is 19.5. The zero-order valence-electron chi connectivity index (χ0n) is 19.5. The van der Waals surface area contributed by atoms with E-state index in [1.807, 2.05) is 0 Å². The molecule has 0 spiro atoms. The first-order valence-corrected chi connectivity index (χ1v) is 11.9. The first kappa shape index (κ1) is 20.5. The van der Waals surface area contributed by atoms with Crippen LogP contribution >= 0.6 is 0 Å². The van der Waals surface area contributed by atoms with Gasteiger partial charge in [-0.2, -0.15) is 0 Å². The van der Waals surface area contributed by atoms with Gasteiger partial charge in [0, 0.05) is 16.8 Å². The fourth-order valence-corrected chi connectivity index (χ4v) is 5.30. The molecule has 0 aromatic heterocycles. The normalized spacial score (nSPS) is 13.2. The highest BCUT2D eigenvalue weighted by Crippen LogP contribution is 2.52. The van der Waals surface area contributed by atoms with Gasteiger partial charge >= 0.3 is 0 Å². The van der Waals surface area contributed by atoms with Crippen molar-refractivity contribution in [3.8, 4) is 33.4 Å². The van der Waals surface area contributed by atoms with Crippen molar-refractivity contribution in [1.29, 1.82) is 0 Å². The standard InChI is InChI=1S/C33H27N/c1-33(2)30-18-10-17-28(24-13-7-4-8-14-24)32(30)29-20-19-27(22-31(29)33)34-26-16-9-15-25(21-26)23-11-5-3-6-12-23/h3-22,34H,1-2H3. The van der Waals surface area contributed by atoms with E-state index in [0.29, 0.717) is 0 Å². The zero-order chi connectivity index (χ0) is 23.1. The number of hydrogen-bond acceptors (Lipinski definition) is 1. The molecule has 0 bridgehead atoms. The fourth-order valence-electron chi connectivity index (χ4n) is 5.30. The summed E-state index contributed by atoms with van der Waals surface area (Å²) in [6, 6.07) is 43.4. The van der Waals surface area contributed by atoms with E-state index >= 15 is 0 Å². The SMILES string of the molecule is CC1(C)c2cc(Nc3cccc(-c4ccccc4)c3)ccc2-c2c(-c3ccccc3)cccc21. The lowest BCUT2D eigenvalue weighted by molar-refractivity contribution is 0.661. The number of hydrogen-bond donors (Lipinski definition) is 1. The van der Waals surface area contributed by atoms with Gasteiger partial charge in [0.1, 0.15) is 0 Å². The van der Waals surface area contributed by atoms with E-state index in [-0.39, 0.29) is 5.41 Å². The molecule has 5 aromatic rings. The van der Waals surface area contributed by atoms with Crippen molar-refractivity contribution in [2.24, 2.45) is 0 Å². The van der Waals surface area contributed by atoms with E-state index in [2.05, 4.69) is 140 Å². The summed E-state index contributed by atoms with van der Waals surface area (Å²) in [6.07, 6.45) is 0. The third-order valence-corrected chi connectivity index (χ3v) is 7.04. The second kappa shape index (κ2) is 8.04. The number of nitrogens with one attached hydrogen (secondary N) is 1.